The van der Waals surface area contributed by atoms with Crippen LogP contribution in [0.5, 0.6) is 0 Å². The molecule has 0 radical (unpaired) electrons. The van der Waals surface area contributed by atoms with Crippen molar-refractivity contribution in [2.45, 2.75) is 39.3 Å². The van der Waals surface area contributed by atoms with E-state index in [0.717, 1.165) is 5.92 Å². The van der Waals surface area contributed by atoms with Gasteiger partial charge < -0.3 is 5.73 Å². The van der Waals surface area contributed by atoms with Gasteiger partial charge in [-0.25, -0.2) is 0 Å². The van der Waals surface area contributed by atoms with Crippen LogP contribution < -0.4 is 5.73 Å². The fourth-order valence-corrected chi connectivity index (χ4v) is 1.67. The standard InChI is InChI=1S/C9H20N2/c1-7-4-5-11(6-7)9(3)8(2)10/h7-9H,4-6,10H2,1-3H3. The molecule has 66 valence electrons. The lowest BCUT2D eigenvalue weighted by atomic mass is 10.1. The maximum absolute atomic E-state index is 5.82. The van der Waals surface area contributed by atoms with Gasteiger partial charge in [-0.1, -0.05) is 6.92 Å². The van der Waals surface area contributed by atoms with Crippen molar-refractivity contribution in [2.75, 3.05) is 13.1 Å². The van der Waals surface area contributed by atoms with Crippen molar-refractivity contribution in [1.82, 2.24) is 4.90 Å². The SMILES string of the molecule is CC1CCN(C(C)C(C)N)C1. The molecule has 0 aliphatic carbocycles. The van der Waals surface area contributed by atoms with E-state index >= 15 is 0 Å². The van der Waals surface area contributed by atoms with Crippen molar-refractivity contribution < 1.29 is 0 Å². The average Bonchev–Trinajstić information content (AvgIpc) is 2.34. The second-order valence-electron chi connectivity index (χ2n) is 3.99. The minimum atomic E-state index is 0.306. The zero-order chi connectivity index (χ0) is 8.43. The summed E-state index contributed by atoms with van der Waals surface area (Å²) in [6.07, 6.45) is 1.34. The van der Waals surface area contributed by atoms with Crippen LogP contribution in [0.2, 0.25) is 0 Å². The molecule has 11 heavy (non-hydrogen) atoms. The van der Waals surface area contributed by atoms with E-state index in [1.807, 2.05) is 0 Å². The van der Waals surface area contributed by atoms with Gasteiger partial charge in [0, 0.05) is 18.6 Å². The van der Waals surface area contributed by atoms with Crippen molar-refractivity contribution in [2.24, 2.45) is 11.7 Å². The van der Waals surface area contributed by atoms with Crippen LogP contribution in [0.15, 0.2) is 0 Å². The first-order chi connectivity index (χ1) is 5.11. The lowest BCUT2D eigenvalue weighted by Crippen LogP contribution is -2.43. The Morgan fingerprint density at radius 1 is 1.45 bits per heavy atom. The Morgan fingerprint density at radius 2 is 2.09 bits per heavy atom. The van der Waals surface area contributed by atoms with E-state index in [-0.39, 0.29) is 0 Å². The molecule has 0 aromatic rings. The Morgan fingerprint density at radius 3 is 2.45 bits per heavy atom. The van der Waals surface area contributed by atoms with Crippen molar-refractivity contribution in [3.8, 4) is 0 Å². The van der Waals surface area contributed by atoms with Crippen LogP contribution in [0, 0.1) is 5.92 Å². The van der Waals surface area contributed by atoms with Gasteiger partial charge in [-0.3, -0.25) is 4.90 Å². The van der Waals surface area contributed by atoms with Crippen molar-refractivity contribution >= 4 is 0 Å². The molecule has 1 heterocycles. The quantitative estimate of drug-likeness (QED) is 0.648. The summed E-state index contributed by atoms with van der Waals surface area (Å²) < 4.78 is 0. The van der Waals surface area contributed by atoms with Crippen LogP contribution in [0.1, 0.15) is 27.2 Å². The maximum atomic E-state index is 5.82. The van der Waals surface area contributed by atoms with Crippen LogP contribution >= 0.6 is 0 Å². The summed E-state index contributed by atoms with van der Waals surface area (Å²) in [6.45, 7) is 9.11. The fraction of sp³-hybridized carbons (Fsp3) is 1.00. The summed E-state index contributed by atoms with van der Waals surface area (Å²) in [6, 6.07) is 0.861. The first-order valence-electron chi connectivity index (χ1n) is 4.61. The van der Waals surface area contributed by atoms with Crippen LogP contribution in [-0.4, -0.2) is 30.1 Å². The van der Waals surface area contributed by atoms with Gasteiger partial charge in [0.1, 0.15) is 0 Å². The van der Waals surface area contributed by atoms with Crippen LogP contribution in [0.3, 0.4) is 0 Å². The number of nitrogens with two attached hydrogens (primary N) is 1. The molecule has 0 spiro atoms. The topological polar surface area (TPSA) is 29.3 Å². The summed E-state index contributed by atoms with van der Waals surface area (Å²) in [4.78, 5) is 2.50. The summed E-state index contributed by atoms with van der Waals surface area (Å²) in [7, 11) is 0. The first kappa shape index (κ1) is 9.01. The third-order valence-electron chi connectivity index (χ3n) is 2.79. The highest BCUT2D eigenvalue weighted by Crippen LogP contribution is 2.18. The monoisotopic (exact) mass is 156 g/mol. The summed E-state index contributed by atoms with van der Waals surface area (Å²) in [5.74, 6) is 0.871. The van der Waals surface area contributed by atoms with E-state index in [1.54, 1.807) is 0 Å². The van der Waals surface area contributed by atoms with Gasteiger partial charge in [0.05, 0.1) is 0 Å². The Kier molecular flexibility index (Phi) is 2.90. The van der Waals surface area contributed by atoms with Gasteiger partial charge in [-0.15, -0.1) is 0 Å². The highest BCUT2D eigenvalue weighted by atomic mass is 15.2. The van der Waals surface area contributed by atoms with E-state index in [9.17, 15) is 0 Å². The number of hydrogen-bond donors (Lipinski definition) is 1. The van der Waals surface area contributed by atoms with Gasteiger partial charge in [-0.05, 0) is 32.7 Å². The van der Waals surface area contributed by atoms with Crippen molar-refractivity contribution in [1.29, 1.82) is 0 Å². The van der Waals surface area contributed by atoms with Crippen molar-refractivity contribution in [3.05, 3.63) is 0 Å². The molecule has 1 aliphatic heterocycles. The average molecular weight is 156 g/mol. The lowest BCUT2D eigenvalue weighted by molar-refractivity contribution is 0.226. The molecular formula is C9H20N2. The smallest absolute Gasteiger partial charge is 0.0216 e. The third-order valence-corrected chi connectivity index (χ3v) is 2.79. The molecule has 1 fully saturated rings. The number of nitrogens with zero attached hydrogens (tertiary/aromatic N) is 1. The molecule has 3 atom stereocenters. The summed E-state index contributed by atoms with van der Waals surface area (Å²) in [5.41, 5.74) is 5.82. The molecule has 2 nitrogen and oxygen atoms in total. The van der Waals surface area contributed by atoms with E-state index in [0.29, 0.717) is 12.1 Å². The van der Waals surface area contributed by atoms with Crippen molar-refractivity contribution in [3.63, 3.8) is 0 Å². The summed E-state index contributed by atoms with van der Waals surface area (Å²) >= 11 is 0. The summed E-state index contributed by atoms with van der Waals surface area (Å²) in [5, 5.41) is 0. The zero-order valence-corrected chi connectivity index (χ0v) is 7.88. The molecule has 2 heteroatoms. The Hall–Kier alpha value is -0.0800. The predicted octanol–water partition coefficient (Wildman–Crippen LogP) is 1.06. The molecule has 0 bridgehead atoms. The van der Waals surface area contributed by atoms with Crippen LogP contribution in [0.25, 0.3) is 0 Å². The maximum Gasteiger partial charge on any atom is 0.0216 e. The second-order valence-corrected chi connectivity index (χ2v) is 3.99. The minimum Gasteiger partial charge on any atom is -0.327 e. The zero-order valence-electron chi connectivity index (χ0n) is 7.88. The molecule has 0 saturated carbocycles. The molecule has 2 N–H and O–H groups in total. The number of likely N-dealkylation sites (tertiary alicyclic amines) is 1. The Balaban J connectivity index is 2.36. The Labute approximate surface area is 69.8 Å². The van der Waals surface area contributed by atoms with Crippen LogP contribution in [0.4, 0.5) is 0 Å². The van der Waals surface area contributed by atoms with E-state index in [4.69, 9.17) is 5.73 Å². The van der Waals surface area contributed by atoms with Gasteiger partial charge in [0.2, 0.25) is 0 Å². The van der Waals surface area contributed by atoms with E-state index < -0.39 is 0 Å². The van der Waals surface area contributed by atoms with E-state index in [1.165, 1.54) is 19.5 Å². The first-order valence-corrected chi connectivity index (χ1v) is 4.61. The molecule has 1 rings (SSSR count). The lowest BCUT2D eigenvalue weighted by Gasteiger charge is -2.27. The van der Waals surface area contributed by atoms with Gasteiger partial charge >= 0.3 is 0 Å². The van der Waals surface area contributed by atoms with Crippen LogP contribution in [-0.2, 0) is 0 Å². The third kappa shape index (κ3) is 2.17. The number of rotatable bonds is 2. The highest BCUT2D eigenvalue weighted by Gasteiger charge is 2.24. The van der Waals surface area contributed by atoms with Gasteiger partial charge in [-0.2, -0.15) is 0 Å². The predicted molar refractivity (Wildman–Crippen MR) is 48.5 cm³/mol. The normalized spacial score (nSPS) is 32.2. The molecule has 3 unspecified atom stereocenters. The Bertz CT molecular complexity index is 123. The molecule has 1 aliphatic rings. The van der Waals surface area contributed by atoms with Gasteiger partial charge in [0.25, 0.3) is 0 Å². The van der Waals surface area contributed by atoms with Gasteiger partial charge in [0.15, 0.2) is 0 Å². The molecule has 0 amide bonds. The number of hydrogen-bond acceptors (Lipinski definition) is 2. The minimum absolute atomic E-state index is 0.306. The fourth-order valence-electron chi connectivity index (χ4n) is 1.67. The van der Waals surface area contributed by atoms with E-state index in [2.05, 4.69) is 25.7 Å². The molecule has 0 aromatic heterocycles. The largest absolute Gasteiger partial charge is 0.327 e. The molecule has 0 aromatic carbocycles. The second kappa shape index (κ2) is 3.55. The molecule has 1 saturated heterocycles. The highest BCUT2D eigenvalue weighted by molar-refractivity contribution is 4.81. The molecular weight excluding hydrogens is 136 g/mol.